The van der Waals surface area contributed by atoms with Crippen LogP contribution < -0.4 is 10.7 Å². The van der Waals surface area contributed by atoms with E-state index in [1.54, 1.807) is 0 Å². The van der Waals surface area contributed by atoms with Crippen LogP contribution in [0.4, 0.5) is 5.13 Å². The summed E-state index contributed by atoms with van der Waals surface area (Å²) in [5.74, 6) is -0.207. The van der Waals surface area contributed by atoms with E-state index < -0.39 is 5.91 Å². The number of amides is 2. The molecule has 2 heterocycles. The van der Waals surface area contributed by atoms with Crippen molar-refractivity contribution in [3.63, 3.8) is 0 Å². The molecule has 0 bridgehead atoms. The van der Waals surface area contributed by atoms with E-state index in [1.807, 2.05) is 0 Å². The van der Waals surface area contributed by atoms with Crippen molar-refractivity contribution in [2.45, 2.75) is 26.7 Å². The molecule has 0 fully saturated rings. The molecule has 8 heteroatoms. The predicted molar refractivity (Wildman–Crippen MR) is 67.3 cm³/mol. The van der Waals surface area contributed by atoms with Gasteiger partial charge in [0.05, 0.1) is 6.42 Å². The summed E-state index contributed by atoms with van der Waals surface area (Å²) in [6.07, 6.45) is 0.831. The summed E-state index contributed by atoms with van der Waals surface area (Å²) in [5, 5.41) is 15.4. The van der Waals surface area contributed by atoms with E-state index >= 15 is 0 Å². The molecule has 0 saturated carbocycles. The molecule has 0 spiro atoms. The van der Waals surface area contributed by atoms with Crippen LogP contribution in [0.5, 0.6) is 0 Å². The van der Waals surface area contributed by atoms with Crippen LogP contribution in [0, 0.1) is 5.92 Å². The molecule has 1 aromatic rings. The first kappa shape index (κ1) is 12.6. The Morgan fingerprint density at radius 2 is 2.28 bits per heavy atom. The molecular weight excluding hydrogens is 254 g/mol. The first-order chi connectivity index (χ1) is 8.54. The van der Waals surface area contributed by atoms with Gasteiger partial charge in [-0.3, -0.25) is 14.9 Å². The number of hydrogen-bond acceptors (Lipinski definition) is 6. The number of rotatable bonds is 4. The Morgan fingerprint density at radius 1 is 1.50 bits per heavy atom. The molecule has 0 atom stereocenters. The molecule has 2 amide bonds. The number of nitrogens with one attached hydrogen (secondary N) is 2. The fourth-order valence-electron chi connectivity index (χ4n) is 1.40. The average Bonchev–Trinajstić information content (AvgIpc) is 2.87. The van der Waals surface area contributed by atoms with Crippen molar-refractivity contribution < 1.29 is 9.59 Å². The van der Waals surface area contributed by atoms with Crippen LogP contribution in [-0.4, -0.2) is 27.7 Å². The zero-order chi connectivity index (χ0) is 13.1. The van der Waals surface area contributed by atoms with E-state index in [-0.39, 0.29) is 18.0 Å². The molecule has 18 heavy (non-hydrogen) atoms. The van der Waals surface area contributed by atoms with Gasteiger partial charge in [0.25, 0.3) is 5.91 Å². The van der Waals surface area contributed by atoms with Crippen LogP contribution in [0.2, 0.25) is 0 Å². The number of carbonyl (C=O) groups excluding carboxylic acids is 2. The van der Waals surface area contributed by atoms with Crippen molar-refractivity contribution >= 4 is 34.0 Å². The highest BCUT2D eigenvalue weighted by Crippen LogP contribution is 2.18. The van der Waals surface area contributed by atoms with Gasteiger partial charge in [-0.05, 0) is 5.92 Å². The summed E-state index contributed by atoms with van der Waals surface area (Å²) in [7, 11) is 0. The van der Waals surface area contributed by atoms with E-state index in [1.165, 1.54) is 11.3 Å². The minimum atomic E-state index is -0.416. The zero-order valence-electron chi connectivity index (χ0n) is 10.1. The highest BCUT2D eigenvalue weighted by atomic mass is 32.1. The lowest BCUT2D eigenvalue weighted by atomic mass is 10.1. The maximum Gasteiger partial charge on any atom is 0.274 e. The Bertz CT molecular complexity index is 508. The number of hydrogen-bond donors (Lipinski definition) is 2. The third-order valence-electron chi connectivity index (χ3n) is 2.18. The topological polar surface area (TPSA) is 96.3 Å². The zero-order valence-corrected chi connectivity index (χ0v) is 10.9. The molecule has 0 aromatic carbocycles. The fourth-order valence-corrected chi connectivity index (χ4v) is 2.34. The van der Waals surface area contributed by atoms with Crippen molar-refractivity contribution in [2.24, 2.45) is 11.0 Å². The molecule has 0 unspecified atom stereocenters. The number of nitrogens with zero attached hydrogens (tertiary/aromatic N) is 3. The Morgan fingerprint density at radius 3 is 2.89 bits per heavy atom. The van der Waals surface area contributed by atoms with Crippen LogP contribution in [-0.2, 0) is 16.0 Å². The molecule has 96 valence electrons. The van der Waals surface area contributed by atoms with Gasteiger partial charge in [0.2, 0.25) is 11.0 Å². The van der Waals surface area contributed by atoms with Gasteiger partial charge >= 0.3 is 0 Å². The van der Waals surface area contributed by atoms with Gasteiger partial charge in [-0.1, -0.05) is 25.2 Å². The molecule has 7 nitrogen and oxygen atoms in total. The van der Waals surface area contributed by atoms with Gasteiger partial charge in [-0.2, -0.15) is 5.10 Å². The summed E-state index contributed by atoms with van der Waals surface area (Å²) >= 11 is 1.33. The quantitative estimate of drug-likeness (QED) is 0.832. The highest BCUT2D eigenvalue weighted by molar-refractivity contribution is 7.15. The van der Waals surface area contributed by atoms with Crippen LogP contribution >= 0.6 is 11.3 Å². The Balaban J connectivity index is 1.95. The standard InChI is InChI=1S/C10H13N5O2S/c1-5(2)3-8-14-15-10(18-8)11-9(17)6-4-7(16)13-12-6/h5H,3-4H2,1-2H3,(H,13,16)(H,11,15,17). The Hall–Kier alpha value is -1.83. The monoisotopic (exact) mass is 267 g/mol. The highest BCUT2D eigenvalue weighted by Gasteiger charge is 2.22. The van der Waals surface area contributed by atoms with Gasteiger partial charge in [0, 0.05) is 6.42 Å². The normalized spacial score (nSPS) is 14.6. The molecule has 1 aromatic heterocycles. The molecule has 0 saturated heterocycles. The van der Waals surface area contributed by atoms with Crippen LogP contribution in [0.1, 0.15) is 25.3 Å². The number of carbonyl (C=O) groups is 2. The summed E-state index contributed by atoms with van der Waals surface area (Å²) < 4.78 is 0. The van der Waals surface area contributed by atoms with Crippen LogP contribution in [0.15, 0.2) is 5.10 Å². The van der Waals surface area contributed by atoms with Gasteiger partial charge in [-0.25, -0.2) is 5.43 Å². The first-order valence-electron chi connectivity index (χ1n) is 5.53. The summed E-state index contributed by atoms with van der Waals surface area (Å²) in [6.45, 7) is 4.17. The third kappa shape index (κ3) is 3.10. The maximum absolute atomic E-state index is 11.7. The van der Waals surface area contributed by atoms with E-state index in [2.05, 4.69) is 39.9 Å². The maximum atomic E-state index is 11.7. The van der Waals surface area contributed by atoms with Crippen LogP contribution in [0.3, 0.4) is 0 Å². The second-order valence-electron chi connectivity index (χ2n) is 4.32. The molecule has 1 aliphatic rings. The minimum absolute atomic E-state index is 0.00346. The second kappa shape index (κ2) is 5.21. The average molecular weight is 267 g/mol. The third-order valence-corrected chi connectivity index (χ3v) is 3.04. The molecule has 1 aliphatic heterocycles. The van der Waals surface area contributed by atoms with E-state index in [0.29, 0.717) is 11.0 Å². The van der Waals surface area contributed by atoms with Crippen molar-refractivity contribution in [1.29, 1.82) is 0 Å². The Kier molecular flexibility index (Phi) is 3.66. The van der Waals surface area contributed by atoms with Crippen molar-refractivity contribution in [1.82, 2.24) is 15.6 Å². The molecular formula is C10H13N5O2S. The van der Waals surface area contributed by atoms with Gasteiger partial charge in [0.15, 0.2) is 0 Å². The first-order valence-corrected chi connectivity index (χ1v) is 6.35. The van der Waals surface area contributed by atoms with Crippen molar-refractivity contribution in [3.8, 4) is 0 Å². The van der Waals surface area contributed by atoms with Crippen molar-refractivity contribution in [3.05, 3.63) is 5.01 Å². The number of anilines is 1. The number of hydrazone groups is 1. The van der Waals surface area contributed by atoms with Crippen LogP contribution in [0.25, 0.3) is 0 Å². The minimum Gasteiger partial charge on any atom is -0.295 e. The molecule has 0 radical (unpaired) electrons. The molecule has 2 rings (SSSR count). The van der Waals surface area contributed by atoms with Gasteiger partial charge in [0.1, 0.15) is 10.7 Å². The fraction of sp³-hybridized carbons (Fsp3) is 0.500. The summed E-state index contributed by atoms with van der Waals surface area (Å²) in [6, 6.07) is 0. The largest absolute Gasteiger partial charge is 0.295 e. The lowest BCUT2D eigenvalue weighted by Crippen LogP contribution is -2.22. The molecule has 0 aliphatic carbocycles. The van der Waals surface area contributed by atoms with Gasteiger partial charge < -0.3 is 0 Å². The van der Waals surface area contributed by atoms with E-state index in [9.17, 15) is 9.59 Å². The molecule has 2 N–H and O–H groups in total. The van der Waals surface area contributed by atoms with E-state index in [4.69, 9.17) is 0 Å². The lowest BCUT2D eigenvalue weighted by Gasteiger charge is -1.98. The predicted octanol–water partition coefficient (Wildman–Crippen LogP) is 0.551. The summed E-state index contributed by atoms with van der Waals surface area (Å²) in [5.41, 5.74) is 2.39. The SMILES string of the molecule is CC(C)Cc1nnc(NC(=O)C2=NNC(=O)C2)s1. The lowest BCUT2D eigenvalue weighted by molar-refractivity contribution is -0.119. The second-order valence-corrected chi connectivity index (χ2v) is 5.39. The smallest absolute Gasteiger partial charge is 0.274 e. The van der Waals surface area contributed by atoms with E-state index in [0.717, 1.165) is 11.4 Å². The van der Waals surface area contributed by atoms with Crippen molar-refractivity contribution in [2.75, 3.05) is 5.32 Å². The Labute approximate surface area is 108 Å². The number of aromatic nitrogens is 2. The van der Waals surface area contributed by atoms with Gasteiger partial charge in [-0.15, -0.1) is 10.2 Å². The summed E-state index contributed by atoms with van der Waals surface area (Å²) in [4.78, 5) is 22.6.